The zero-order valence-electron chi connectivity index (χ0n) is 18.9. The molecule has 1 atom stereocenters. The quantitative estimate of drug-likeness (QED) is 0.356. The number of nitrogens with zero attached hydrogens (tertiary/aromatic N) is 4. The van der Waals surface area contributed by atoms with Crippen molar-refractivity contribution in [3.05, 3.63) is 66.1 Å². The zero-order valence-corrected chi connectivity index (χ0v) is 18.9. The first-order valence-electron chi connectivity index (χ1n) is 11.1. The lowest BCUT2D eigenvalue weighted by atomic mass is 10.0. The number of aromatic nitrogens is 4. The fourth-order valence-corrected chi connectivity index (χ4v) is 3.79. The van der Waals surface area contributed by atoms with Gasteiger partial charge in [-0.25, -0.2) is 9.67 Å². The molecule has 0 saturated carbocycles. The molecular weight excluding hydrogens is 418 g/mol. The Kier molecular flexibility index (Phi) is 7.29. The van der Waals surface area contributed by atoms with Gasteiger partial charge in [-0.1, -0.05) is 12.1 Å². The van der Waals surface area contributed by atoms with Gasteiger partial charge in [0.25, 0.3) is 0 Å². The number of benzene rings is 1. The van der Waals surface area contributed by atoms with E-state index in [2.05, 4.69) is 10.1 Å². The van der Waals surface area contributed by atoms with Crippen LogP contribution in [0.4, 0.5) is 0 Å². The van der Waals surface area contributed by atoms with Crippen molar-refractivity contribution >= 4 is 10.9 Å². The van der Waals surface area contributed by atoms with Crippen molar-refractivity contribution in [2.45, 2.75) is 32.4 Å². The molecule has 0 spiro atoms. The molecule has 3 heterocycles. The molecule has 1 unspecified atom stereocenters. The van der Waals surface area contributed by atoms with Crippen LogP contribution < -0.4 is 10.5 Å². The number of fused-ring (bicyclic) bond motifs is 1. The average Bonchev–Trinajstić information content (AvgIpc) is 3.29. The second kappa shape index (κ2) is 10.5. The Morgan fingerprint density at radius 1 is 1.12 bits per heavy atom. The molecule has 172 valence electrons. The molecule has 3 N–H and O–H groups in total. The van der Waals surface area contributed by atoms with E-state index in [9.17, 15) is 5.11 Å². The number of aliphatic hydroxyl groups is 1. The molecule has 0 amide bonds. The van der Waals surface area contributed by atoms with Crippen LogP contribution in [0.15, 0.2) is 54.7 Å². The van der Waals surface area contributed by atoms with Crippen molar-refractivity contribution in [2.75, 3.05) is 20.3 Å². The minimum absolute atomic E-state index is 0.135. The monoisotopic (exact) mass is 447 g/mol. The molecule has 1 aromatic carbocycles. The number of ether oxygens (including phenoxy) is 2. The molecule has 0 fully saturated rings. The Labute approximate surface area is 193 Å². The summed E-state index contributed by atoms with van der Waals surface area (Å²) in [5.74, 6) is 1.35. The van der Waals surface area contributed by atoms with Crippen molar-refractivity contribution in [2.24, 2.45) is 5.73 Å². The maximum absolute atomic E-state index is 9.48. The summed E-state index contributed by atoms with van der Waals surface area (Å²) in [6.07, 6.45) is 3.45. The molecule has 8 nitrogen and oxygen atoms in total. The summed E-state index contributed by atoms with van der Waals surface area (Å²) in [4.78, 5) is 9.35. The number of hydrogen-bond donors (Lipinski definition) is 2. The minimum Gasteiger partial charge on any atom is -0.493 e. The maximum Gasteiger partial charge on any atom is 0.154 e. The van der Waals surface area contributed by atoms with Crippen molar-refractivity contribution in [1.29, 1.82) is 0 Å². The standard InChI is InChI=1S/C25H29N5O3/c1-3-33-24-14-17(21-9-5-10-22(29-21)20(26)8-6-12-32-2)13-23-19(24)15-27-30(23)25-11-4-7-18(16-31)28-25/h4-5,7,9-11,13-15,20,31H,3,6,8,12,16,26H2,1-2H3. The van der Waals surface area contributed by atoms with Gasteiger partial charge in [-0.15, -0.1) is 0 Å². The summed E-state index contributed by atoms with van der Waals surface area (Å²) in [6.45, 7) is 3.02. The van der Waals surface area contributed by atoms with Crippen LogP contribution in [0.3, 0.4) is 0 Å². The SMILES string of the molecule is CCOc1cc(-c2cccc(C(N)CCCOC)n2)cc2c1cnn2-c1cccc(CO)n1. The van der Waals surface area contributed by atoms with E-state index in [0.29, 0.717) is 24.7 Å². The third-order valence-electron chi connectivity index (χ3n) is 5.43. The third-order valence-corrected chi connectivity index (χ3v) is 5.43. The van der Waals surface area contributed by atoms with E-state index in [1.54, 1.807) is 24.1 Å². The van der Waals surface area contributed by atoms with E-state index in [-0.39, 0.29) is 12.6 Å². The van der Waals surface area contributed by atoms with E-state index >= 15 is 0 Å². The van der Waals surface area contributed by atoms with Crippen LogP contribution >= 0.6 is 0 Å². The first kappa shape index (κ1) is 22.8. The van der Waals surface area contributed by atoms with Crippen LogP contribution in [0.1, 0.15) is 37.2 Å². The van der Waals surface area contributed by atoms with Gasteiger partial charge >= 0.3 is 0 Å². The van der Waals surface area contributed by atoms with E-state index in [1.165, 1.54) is 0 Å². The smallest absolute Gasteiger partial charge is 0.154 e. The van der Waals surface area contributed by atoms with Gasteiger partial charge in [-0.3, -0.25) is 4.98 Å². The van der Waals surface area contributed by atoms with Gasteiger partial charge < -0.3 is 20.3 Å². The van der Waals surface area contributed by atoms with Crippen LogP contribution in [0.25, 0.3) is 28.0 Å². The molecule has 0 radical (unpaired) electrons. The first-order chi connectivity index (χ1) is 16.1. The average molecular weight is 448 g/mol. The molecule has 3 aromatic heterocycles. The fourth-order valence-electron chi connectivity index (χ4n) is 3.79. The molecular formula is C25H29N5O3. The molecule has 4 aromatic rings. The highest BCUT2D eigenvalue weighted by Crippen LogP contribution is 2.33. The highest BCUT2D eigenvalue weighted by molar-refractivity contribution is 5.90. The Hall–Kier alpha value is -3.33. The van der Waals surface area contributed by atoms with Crippen LogP contribution in [-0.2, 0) is 11.3 Å². The van der Waals surface area contributed by atoms with Gasteiger partial charge in [0.05, 0.1) is 47.4 Å². The largest absolute Gasteiger partial charge is 0.493 e. The molecule has 4 rings (SSSR count). The molecule has 0 aliphatic heterocycles. The highest BCUT2D eigenvalue weighted by atomic mass is 16.5. The zero-order chi connectivity index (χ0) is 23.2. The molecule has 33 heavy (non-hydrogen) atoms. The fraction of sp³-hybridized carbons (Fsp3) is 0.320. The van der Waals surface area contributed by atoms with Gasteiger partial charge in [0.2, 0.25) is 0 Å². The summed E-state index contributed by atoms with van der Waals surface area (Å²) in [7, 11) is 1.69. The van der Waals surface area contributed by atoms with Gasteiger partial charge in [-0.2, -0.15) is 5.10 Å². The van der Waals surface area contributed by atoms with E-state index in [1.807, 2.05) is 49.4 Å². The summed E-state index contributed by atoms with van der Waals surface area (Å²) in [5.41, 5.74) is 10.3. The van der Waals surface area contributed by atoms with Gasteiger partial charge in [0.15, 0.2) is 5.82 Å². The minimum atomic E-state index is -0.161. The first-order valence-corrected chi connectivity index (χ1v) is 11.1. The predicted molar refractivity (Wildman–Crippen MR) is 127 cm³/mol. The summed E-state index contributed by atoms with van der Waals surface area (Å²) in [6, 6.07) is 15.2. The topological polar surface area (TPSA) is 108 Å². The second-order valence-corrected chi connectivity index (χ2v) is 7.73. The van der Waals surface area contributed by atoms with Crippen molar-refractivity contribution in [3.8, 4) is 22.8 Å². The number of methoxy groups -OCH3 is 1. The maximum atomic E-state index is 9.48. The summed E-state index contributed by atoms with van der Waals surface area (Å²) >= 11 is 0. The van der Waals surface area contributed by atoms with Gasteiger partial charge in [-0.05, 0) is 56.2 Å². The molecule has 0 bridgehead atoms. The number of nitrogens with two attached hydrogens (primary N) is 1. The number of rotatable bonds is 10. The highest BCUT2D eigenvalue weighted by Gasteiger charge is 2.16. The van der Waals surface area contributed by atoms with Crippen molar-refractivity contribution < 1.29 is 14.6 Å². The Bertz CT molecular complexity index is 1220. The second-order valence-electron chi connectivity index (χ2n) is 7.73. The summed E-state index contributed by atoms with van der Waals surface area (Å²) < 4.78 is 12.8. The normalized spacial score (nSPS) is 12.2. The molecule has 0 aliphatic carbocycles. The van der Waals surface area contributed by atoms with E-state index in [4.69, 9.17) is 20.2 Å². The van der Waals surface area contributed by atoms with Crippen LogP contribution in [-0.4, -0.2) is 45.2 Å². The lowest BCUT2D eigenvalue weighted by Crippen LogP contribution is -2.13. The number of pyridine rings is 2. The molecule has 0 aliphatic rings. The third kappa shape index (κ3) is 5.03. The van der Waals surface area contributed by atoms with E-state index in [0.717, 1.165) is 46.4 Å². The number of hydrogen-bond acceptors (Lipinski definition) is 7. The number of aliphatic hydroxyl groups excluding tert-OH is 1. The van der Waals surface area contributed by atoms with Gasteiger partial charge in [0, 0.05) is 25.3 Å². The predicted octanol–water partition coefficient (Wildman–Crippen LogP) is 3.80. The Balaban J connectivity index is 1.77. The van der Waals surface area contributed by atoms with Gasteiger partial charge in [0.1, 0.15) is 5.75 Å². The molecule has 8 heteroatoms. The van der Waals surface area contributed by atoms with E-state index < -0.39 is 0 Å². The Morgan fingerprint density at radius 3 is 2.76 bits per heavy atom. The van der Waals surface area contributed by atoms with Crippen LogP contribution in [0, 0.1) is 0 Å². The van der Waals surface area contributed by atoms with Crippen molar-refractivity contribution in [3.63, 3.8) is 0 Å². The lowest BCUT2D eigenvalue weighted by Gasteiger charge is -2.13. The summed E-state index contributed by atoms with van der Waals surface area (Å²) in [5, 5.41) is 14.9. The van der Waals surface area contributed by atoms with Crippen LogP contribution in [0.5, 0.6) is 5.75 Å². The molecule has 0 saturated heterocycles. The lowest BCUT2D eigenvalue weighted by molar-refractivity contribution is 0.190. The van der Waals surface area contributed by atoms with Crippen LogP contribution in [0.2, 0.25) is 0 Å². The Morgan fingerprint density at radius 2 is 1.97 bits per heavy atom. The van der Waals surface area contributed by atoms with Crippen molar-refractivity contribution in [1.82, 2.24) is 19.7 Å².